The van der Waals surface area contributed by atoms with E-state index in [-0.39, 0.29) is 29.6 Å². The topological polar surface area (TPSA) is 51.5 Å². The highest BCUT2D eigenvalue weighted by atomic mass is 127. The molecule has 0 unspecified atom stereocenters. The lowest BCUT2D eigenvalue weighted by atomic mass is 9.86. The molecule has 5 heteroatoms. The molecule has 132 valence electrons. The molecule has 0 saturated carbocycles. The normalized spacial score (nSPS) is 13.5. The van der Waals surface area contributed by atoms with E-state index in [1.54, 1.807) is 0 Å². The third-order valence-electron chi connectivity index (χ3n) is 4.13. The second kappa shape index (κ2) is 7.04. The van der Waals surface area contributed by atoms with E-state index in [9.17, 15) is 9.90 Å². The average molecular weight is 443 g/mol. The van der Waals surface area contributed by atoms with Crippen molar-refractivity contribution >= 4 is 33.5 Å². The van der Waals surface area contributed by atoms with E-state index in [2.05, 4.69) is 43.4 Å². The Morgan fingerprint density at radius 2 is 1.92 bits per heavy atom. The minimum atomic E-state index is -0.148. The Labute approximate surface area is 157 Å². The molecule has 0 amide bonds. The van der Waals surface area contributed by atoms with E-state index < -0.39 is 0 Å². The van der Waals surface area contributed by atoms with Gasteiger partial charge < -0.3 is 14.4 Å². The molecule has 0 aliphatic carbocycles. The highest BCUT2D eigenvalue weighted by Gasteiger charge is 2.27. The van der Waals surface area contributed by atoms with E-state index in [0.717, 1.165) is 14.8 Å². The van der Waals surface area contributed by atoms with Gasteiger partial charge in [0.1, 0.15) is 5.75 Å². The Morgan fingerprint density at radius 3 is 2.42 bits per heavy atom. The molecule has 1 atom stereocenters. The minimum Gasteiger partial charge on any atom is -0.490 e. The average Bonchev–Trinajstić information content (AvgIpc) is 2.44. The van der Waals surface area contributed by atoms with Gasteiger partial charge in [-0.3, -0.25) is 4.79 Å². The maximum Gasteiger partial charge on any atom is 0.192 e. The Balaban J connectivity index is 2.84. The molecule has 4 nitrogen and oxygen atoms in total. The van der Waals surface area contributed by atoms with E-state index in [1.165, 1.54) is 0 Å². The van der Waals surface area contributed by atoms with Gasteiger partial charge in [-0.05, 0) is 54.8 Å². The van der Waals surface area contributed by atoms with Gasteiger partial charge in [-0.25, -0.2) is 0 Å². The summed E-state index contributed by atoms with van der Waals surface area (Å²) in [7, 11) is 0. The summed E-state index contributed by atoms with van der Waals surface area (Å²) < 4.78 is 8.83. The molecule has 0 fully saturated rings. The molecule has 0 spiro atoms. The largest absolute Gasteiger partial charge is 0.490 e. The monoisotopic (exact) mass is 443 g/mol. The van der Waals surface area contributed by atoms with Crippen LogP contribution in [0.1, 0.15) is 46.2 Å². The first kappa shape index (κ1) is 19.2. The molecule has 0 aliphatic rings. The molecule has 24 heavy (non-hydrogen) atoms. The number of aromatic nitrogens is 1. The van der Waals surface area contributed by atoms with E-state index in [4.69, 9.17) is 4.74 Å². The van der Waals surface area contributed by atoms with Crippen LogP contribution in [0, 0.1) is 15.9 Å². The molecule has 0 saturated heterocycles. The minimum absolute atomic E-state index is 0.00721. The highest BCUT2D eigenvalue weighted by Crippen LogP contribution is 2.34. The smallest absolute Gasteiger partial charge is 0.192 e. The Bertz CT molecular complexity index is 803. The van der Waals surface area contributed by atoms with Gasteiger partial charge in [0.25, 0.3) is 0 Å². The number of aliphatic hydroxyl groups excluding tert-OH is 1. The number of rotatable bonds is 4. The number of halogens is 1. The lowest BCUT2D eigenvalue weighted by Gasteiger charge is -2.33. The second-order valence-electron chi connectivity index (χ2n) is 7.58. The number of aliphatic hydroxyl groups is 1. The van der Waals surface area contributed by atoms with Gasteiger partial charge in [-0.2, -0.15) is 0 Å². The van der Waals surface area contributed by atoms with Crippen molar-refractivity contribution in [3.63, 3.8) is 0 Å². The van der Waals surface area contributed by atoms with Crippen LogP contribution in [0.25, 0.3) is 10.9 Å². The maximum atomic E-state index is 12.6. The lowest BCUT2D eigenvalue weighted by Crippen LogP contribution is -2.29. The number of hydrogen-bond acceptors (Lipinski definition) is 3. The maximum absolute atomic E-state index is 12.6. The van der Waals surface area contributed by atoms with Crippen molar-refractivity contribution in [2.24, 2.45) is 5.41 Å². The third kappa shape index (κ3) is 3.77. The standard InChI is InChI=1S/C19H26INO3/c1-11(2)24-16-8-15-13(7-14(16)20)18(23)12(3)9-21(15)17(10-22)19(4,5)6/h7-9,11,17,22H,10H2,1-6H3/t17-/m1/s1. The summed E-state index contributed by atoms with van der Waals surface area (Å²) in [6.45, 7) is 12.1. The summed E-state index contributed by atoms with van der Waals surface area (Å²) in [6.07, 6.45) is 1.90. The summed E-state index contributed by atoms with van der Waals surface area (Å²) in [5, 5.41) is 10.6. The van der Waals surface area contributed by atoms with Crippen molar-refractivity contribution in [3.8, 4) is 5.75 Å². The van der Waals surface area contributed by atoms with Crippen molar-refractivity contribution in [1.82, 2.24) is 4.57 Å². The van der Waals surface area contributed by atoms with Gasteiger partial charge in [0.2, 0.25) is 0 Å². The predicted octanol–water partition coefficient (Wildman–Crippen LogP) is 4.28. The van der Waals surface area contributed by atoms with Crippen molar-refractivity contribution in [2.45, 2.75) is 53.7 Å². The highest BCUT2D eigenvalue weighted by molar-refractivity contribution is 14.1. The first-order chi connectivity index (χ1) is 11.1. The molecule has 1 aromatic heterocycles. The number of fused-ring (bicyclic) bond motifs is 1. The summed E-state index contributed by atoms with van der Waals surface area (Å²) in [6, 6.07) is 3.68. The number of aryl methyl sites for hydroxylation is 1. The molecule has 0 radical (unpaired) electrons. The second-order valence-corrected chi connectivity index (χ2v) is 8.74. The SMILES string of the molecule is Cc1cn([C@H](CO)C(C)(C)C)c2cc(OC(C)C)c(I)cc2c1=O. The Morgan fingerprint density at radius 1 is 1.29 bits per heavy atom. The first-order valence-corrected chi connectivity index (χ1v) is 9.26. The van der Waals surface area contributed by atoms with Crippen LogP contribution in [0.3, 0.4) is 0 Å². The van der Waals surface area contributed by atoms with E-state index in [1.807, 2.05) is 43.7 Å². The number of hydrogen-bond donors (Lipinski definition) is 1. The number of benzene rings is 1. The van der Waals surface area contributed by atoms with Gasteiger partial charge in [-0.1, -0.05) is 20.8 Å². The Kier molecular flexibility index (Phi) is 5.64. The van der Waals surface area contributed by atoms with Crippen LogP contribution in [0.15, 0.2) is 23.1 Å². The van der Waals surface area contributed by atoms with Gasteiger partial charge in [0.05, 0.1) is 27.8 Å². The predicted molar refractivity (Wildman–Crippen MR) is 107 cm³/mol. The number of ether oxygens (including phenoxy) is 1. The van der Waals surface area contributed by atoms with Gasteiger partial charge in [-0.15, -0.1) is 0 Å². The van der Waals surface area contributed by atoms with Crippen LogP contribution < -0.4 is 10.2 Å². The summed E-state index contributed by atoms with van der Waals surface area (Å²) in [4.78, 5) is 12.6. The zero-order valence-electron chi connectivity index (χ0n) is 15.2. The fourth-order valence-electron chi connectivity index (χ4n) is 2.87. The quantitative estimate of drug-likeness (QED) is 0.718. The van der Waals surface area contributed by atoms with Gasteiger partial charge >= 0.3 is 0 Å². The van der Waals surface area contributed by atoms with Crippen LogP contribution in [0.4, 0.5) is 0 Å². The summed E-state index contributed by atoms with van der Waals surface area (Å²) in [5.74, 6) is 0.765. The fourth-order valence-corrected chi connectivity index (χ4v) is 3.46. The fraction of sp³-hybridized carbons (Fsp3) is 0.526. The number of pyridine rings is 1. The number of nitrogens with zero attached hydrogens (tertiary/aromatic N) is 1. The van der Waals surface area contributed by atoms with Crippen molar-refractivity contribution < 1.29 is 9.84 Å². The van der Waals surface area contributed by atoms with Crippen molar-refractivity contribution in [2.75, 3.05) is 6.61 Å². The first-order valence-electron chi connectivity index (χ1n) is 8.18. The van der Waals surface area contributed by atoms with E-state index in [0.29, 0.717) is 10.9 Å². The zero-order chi connectivity index (χ0) is 18.2. The third-order valence-corrected chi connectivity index (χ3v) is 4.98. The van der Waals surface area contributed by atoms with Crippen molar-refractivity contribution in [1.29, 1.82) is 0 Å². The lowest BCUT2D eigenvalue weighted by molar-refractivity contribution is 0.140. The van der Waals surface area contributed by atoms with Crippen molar-refractivity contribution in [3.05, 3.63) is 37.7 Å². The van der Waals surface area contributed by atoms with Crippen LogP contribution in [-0.4, -0.2) is 22.4 Å². The molecule has 1 aromatic carbocycles. The van der Waals surface area contributed by atoms with Crippen LogP contribution in [0.5, 0.6) is 5.75 Å². The molecule has 1 heterocycles. The molecule has 2 rings (SSSR count). The van der Waals surface area contributed by atoms with Crippen LogP contribution in [-0.2, 0) is 0 Å². The zero-order valence-corrected chi connectivity index (χ0v) is 17.3. The molecular formula is C19H26INO3. The Hall–Kier alpha value is -1.08. The summed E-state index contributed by atoms with van der Waals surface area (Å²) >= 11 is 2.20. The van der Waals surface area contributed by atoms with Crippen LogP contribution >= 0.6 is 22.6 Å². The summed E-state index contributed by atoms with van der Waals surface area (Å²) in [5.41, 5.74) is 1.36. The van der Waals surface area contributed by atoms with Gasteiger partial charge in [0.15, 0.2) is 5.43 Å². The molecule has 0 aliphatic heterocycles. The molecule has 2 aromatic rings. The van der Waals surface area contributed by atoms with Gasteiger partial charge in [0, 0.05) is 23.2 Å². The molecular weight excluding hydrogens is 417 g/mol. The molecule has 0 bridgehead atoms. The van der Waals surface area contributed by atoms with Crippen LogP contribution in [0.2, 0.25) is 0 Å². The molecule has 1 N–H and O–H groups in total. The van der Waals surface area contributed by atoms with E-state index >= 15 is 0 Å².